The van der Waals surface area contributed by atoms with Gasteiger partial charge in [0, 0.05) is 18.9 Å². The van der Waals surface area contributed by atoms with Gasteiger partial charge in [-0.15, -0.1) is 0 Å². The molecule has 0 fully saturated rings. The Bertz CT molecular complexity index is 309. The molecule has 84 valence electrons. The van der Waals surface area contributed by atoms with Crippen LogP contribution in [-0.2, 0) is 11.3 Å². The maximum Gasteiger partial charge on any atom is 0.237 e. The van der Waals surface area contributed by atoms with Crippen molar-refractivity contribution in [3.05, 3.63) is 18.7 Å². The predicted molar refractivity (Wildman–Crippen MR) is 58.1 cm³/mol. The summed E-state index contributed by atoms with van der Waals surface area (Å²) in [6.07, 6.45) is 5.97. The van der Waals surface area contributed by atoms with Gasteiger partial charge in [0.15, 0.2) is 0 Å². The zero-order chi connectivity index (χ0) is 11.3. The molecular weight excluding hydrogens is 192 g/mol. The Labute approximate surface area is 89.7 Å². The minimum Gasteiger partial charge on any atom is -0.368 e. The minimum atomic E-state index is -0.640. The predicted octanol–water partition coefficient (Wildman–Crippen LogP) is 0.127. The molecule has 5 nitrogen and oxygen atoms in total. The Morgan fingerprint density at radius 1 is 1.67 bits per heavy atom. The zero-order valence-electron chi connectivity index (χ0n) is 9.23. The van der Waals surface area contributed by atoms with E-state index in [0.717, 1.165) is 13.1 Å². The summed E-state index contributed by atoms with van der Waals surface area (Å²) >= 11 is 0. The molecule has 0 radical (unpaired) electrons. The van der Waals surface area contributed by atoms with Gasteiger partial charge in [-0.2, -0.15) is 0 Å². The number of carbonyl (C=O) groups is 1. The first-order chi connectivity index (χ1) is 7.08. The largest absolute Gasteiger partial charge is 0.368 e. The van der Waals surface area contributed by atoms with E-state index in [9.17, 15) is 4.79 Å². The van der Waals surface area contributed by atoms with Crippen LogP contribution in [-0.4, -0.2) is 27.5 Å². The van der Waals surface area contributed by atoms with E-state index in [1.165, 1.54) is 0 Å². The third kappa shape index (κ3) is 3.06. The summed E-state index contributed by atoms with van der Waals surface area (Å²) in [4.78, 5) is 15.2. The SMILES string of the molecule is CCNC(C)(CCn1ccnc1)C(N)=O. The zero-order valence-corrected chi connectivity index (χ0v) is 9.23. The average Bonchev–Trinajstić information content (AvgIpc) is 2.67. The average molecular weight is 210 g/mol. The molecule has 0 saturated carbocycles. The molecular formula is C10H18N4O. The number of carbonyl (C=O) groups excluding carboxylic acids is 1. The third-order valence-corrected chi connectivity index (χ3v) is 2.54. The van der Waals surface area contributed by atoms with E-state index in [0.29, 0.717) is 6.42 Å². The fourth-order valence-corrected chi connectivity index (χ4v) is 1.46. The molecule has 0 aliphatic rings. The number of rotatable bonds is 6. The number of nitrogens with two attached hydrogens (primary N) is 1. The van der Waals surface area contributed by atoms with Crippen LogP contribution >= 0.6 is 0 Å². The fraction of sp³-hybridized carbons (Fsp3) is 0.600. The number of amides is 1. The molecule has 0 saturated heterocycles. The Morgan fingerprint density at radius 3 is 2.87 bits per heavy atom. The van der Waals surface area contributed by atoms with Crippen LogP contribution in [0.1, 0.15) is 20.3 Å². The van der Waals surface area contributed by atoms with Gasteiger partial charge in [-0.25, -0.2) is 4.98 Å². The standard InChI is InChI=1S/C10H18N4O/c1-3-13-10(2,9(11)15)4-6-14-7-5-12-8-14/h5,7-8,13H,3-4,6H2,1-2H3,(H2,11,15). The van der Waals surface area contributed by atoms with Crippen LogP contribution in [0.3, 0.4) is 0 Å². The molecule has 1 aromatic rings. The van der Waals surface area contributed by atoms with E-state index in [-0.39, 0.29) is 5.91 Å². The van der Waals surface area contributed by atoms with Gasteiger partial charge in [-0.3, -0.25) is 4.79 Å². The van der Waals surface area contributed by atoms with E-state index in [4.69, 9.17) is 5.73 Å². The monoisotopic (exact) mass is 210 g/mol. The van der Waals surface area contributed by atoms with Crippen molar-refractivity contribution in [3.63, 3.8) is 0 Å². The molecule has 0 spiro atoms. The van der Waals surface area contributed by atoms with E-state index >= 15 is 0 Å². The van der Waals surface area contributed by atoms with Crippen molar-refractivity contribution >= 4 is 5.91 Å². The van der Waals surface area contributed by atoms with Gasteiger partial charge in [0.05, 0.1) is 11.9 Å². The Morgan fingerprint density at radius 2 is 2.40 bits per heavy atom. The molecule has 1 unspecified atom stereocenters. The van der Waals surface area contributed by atoms with Crippen molar-refractivity contribution in [2.24, 2.45) is 5.73 Å². The van der Waals surface area contributed by atoms with Gasteiger partial charge in [-0.1, -0.05) is 6.92 Å². The molecule has 1 atom stereocenters. The van der Waals surface area contributed by atoms with Crippen LogP contribution in [0.5, 0.6) is 0 Å². The summed E-state index contributed by atoms with van der Waals surface area (Å²) in [6.45, 7) is 5.24. The van der Waals surface area contributed by atoms with Crippen molar-refractivity contribution in [1.82, 2.24) is 14.9 Å². The molecule has 0 aromatic carbocycles. The molecule has 0 aliphatic heterocycles. The van der Waals surface area contributed by atoms with E-state index < -0.39 is 5.54 Å². The molecule has 1 aromatic heterocycles. The number of aryl methyl sites for hydroxylation is 1. The smallest absolute Gasteiger partial charge is 0.237 e. The first kappa shape index (κ1) is 11.7. The normalized spacial score (nSPS) is 14.8. The van der Waals surface area contributed by atoms with E-state index in [1.54, 1.807) is 12.5 Å². The topological polar surface area (TPSA) is 72.9 Å². The molecule has 15 heavy (non-hydrogen) atoms. The first-order valence-electron chi connectivity index (χ1n) is 5.09. The lowest BCUT2D eigenvalue weighted by molar-refractivity contribution is -0.124. The fourth-order valence-electron chi connectivity index (χ4n) is 1.46. The number of nitrogens with zero attached hydrogens (tertiary/aromatic N) is 2. The van der Waals surface area contributed by atoms with Crippen molar-refractivity contribution in [2.75, 3.05) is 6.54 Å². The lowest BCUT2D eigenvalue weighted by atomic mass is 9.97. The van der Waals surface area contributed by atoms with Crippen molar-refractivity contribution in [1.29, 1.82) is 0 Å². The third-order valence-electron chi connectivity index (χ3n) is 2.54. The van der Waals surface area contributed by atoms with Crippen LogP contribution in [0.25, 0.3) is 0 Å². The summed E-state index contributed by atoms with van der Waals surface area (Å²) in [5, 5.41) is 3.11. The number of primary amides is 1. The number of hydrogen-bond donors (Lipinski definition) is 2. The Balaban J connectivity index is 2.56. The number of nitrogens with one attached hydrogen (secondary N) is 1. The maximum atomic E-state index is 11.3. The number of aromatic nitrogens is 2. The molecule has 1 amide bonds. The highest BCUT2D eigenvalue weighted by molar-refractivity contribution is 5.84. The molecule has 3 N–H and O–H groups in total. The van der Waals surface area contributed by atoms with Gasteiger partial charge in [-0.05, 0) is 19.9 Å². The molecule has 5 heteroatoms. The lowest BCUT2D eigenvalue weighted by Gasteiger charge is -2.26. The van der Waals surface area contributed by atoms with Gasteiger partial charge in [0.25, 0.3) is 0 Å². The summed E-state index contributed by atoms with van der Waals surface area (Å²) in [5.41, 5.74) is 4.73. The summed E-state index contributed by atoms with van der Waals surface area (Å²) < 4.78 is 1.93. The van der Waals surface area contributed by atoms with Gasteiger partial charge >= 0.3 is 0 Å². The maximum absolute atomic E-state index is 11.3. The highest BCUT2D eigenvalue weighted by Gasteiger charge is 2.29. The highest BCUT2D eigenvalue weighted by Crippen LogP contribution is 2.10. The second-order valence-corrected chi connectivity index (χ2v) is 3.78. The highest BCUT2D eigenvalue weighted by atomic mass is 16.1. The molecule has 0 bridgehead atoms. The van der Waals surface area contributed by atoms with E-state index in [2.05, 4.69) is 10.3 Å². The van der Waals surface area contributed by atoms with Crippen LogP contribution in [0.2, 0.25) is 0 Å². The van der Waals surface area contributed by atoms with Crippen molar-refractivity contribution < 1.29 is 4.79 Å². The molecule has 1 rings (SSSR count). The molecule has 0 aliphatic carbocycles. The van der Waals surface area contributed by atoms with Gasteiger partial charge in [0.2, 0.25) is 5.91 Å². The summed E-state index contributed by atoms with van der Waals surface area (Å²) in [6, 6.07) is 0. The molecule has 1 heterocycles. The van der Waals surface area contributed by atoms with Gasteiger partial charge < -0.3 is 15.6 Å². The van der Waals surface area contributed by atoms with Crippen LogP contribution in [0, 0.1) is 0 Å². The minimum absolute atomic E-state index is 0.315. The van der Waals surface area contributed by atoms with Crippen molar-refractivity contribution in [3.8, 4) is 0 Å². The second-order valence-electron chi connectivity index (χ2n) is 3.78. The quantitative estimate of drug-likeness (QED) is 0.700. The lowest BCUT2D eigenvalue weighted by Crippen LogP contribution is -2.53. The number of imidazole rings is 1. The van der Waals surface area contributed by atoms with Crippen LogP contribution < -0.4 is 11.1 Å². The Hall–Kier alpha value is -1.36. The summed E-state index contributed by atoms with van der Waals surface area (Å²) in [7, 11) is 0. The van der Waals surface area contributed by atoms with Gasteiger partial charge in [0.1, 0.15) is 0 Å². The Kier molecular flexibility index (Phi) is 3.85. The van der Waals surface area contributed by atoms with E-state index in [1.807, 2.05) is 24.6 Å². The second kappa shape index (κ2) is 4.93. The number of hydrogen-bond acceptors (Lipinski definition) is 3. The van der Waals surface area contributed by atoms with Crippen LogP contribution in [0.15, 0.2) is 18.7 Å². The number of likely N-dealkylation sites (N-methyl/N-ethyl adjacent to an activating group) is 1. The first-order valence-corrected chi connectivity index (χ1v) is 5.09. The summed E-state index contributed by atoms with van der Waals surface area (Å²) in [5.74, 6) is -0.315. The van der Waals surface area contributed by atoms with Crippen molar-refractivity contribution in [2.45, 2.75) is 32.4 Å². The van der Waals surface area contributed by atoms with Crippen LogP contribution in [0.4, 0.5) is 0 Å².